The maximum atomic E-state index is 6.84. The number of fused-ring (bicyclic) bond motifs is 4. The molecule has 4 heterocycles. The number of ether oxygens (including phenoxy) is 3. The van der Waals surface area contributed by atoms with Gasteiger partial charge in [-0.2, -0.15) is 0 Å². The van der Waals surface area contributed by atoms with Gasteiger partial charge in [0.25, 0.3) is 0 Å². The second-order valence-electron chi connectivity index (χ2n) is 12.2. The van der Waals surface area contributed by atoms with Crippen molar-refractivity contribution in [2.75, 3.05) is 13.2 Å². The van der Waals surface area contributed by atoms with Gasteiger partial charge in [0.2, 0.25) is 0 Å². The Morgan fingerprint density at radius 3 is 2.37 bits per heavy atom. The first-order chi connectivity index (χ1) is 20.0. The molecule has 9 heteroatoms. The average molecular weight is 593 g/mol. The van der Waals surface area contributed by atoms with Gasteiger partial charge in [-0.1, -0.05) is 46.6 Å². The summed E-state index contributed by atoms with van der Waals surface area (Å²) < 4.78 is 24.2. The standard InChI is InChI=1S/C32H31Cl2N3O4/c33-23-14-35-15-24(34)27(23)29-22(30(41-37-29)20-4-5-20)18-39-32-11-8-31(9-12-32,10-13-32)26-7-6-19-2-1-3-25(28(19)36-26)40-21-16-38-17-21/h1-3,6-7,14-15,20-21H,4-5,8-13,16-18H2. The van der Waals surface area contributed by atoms with E-state index in [0.29, 0.717) is 47.0 Å². The molecule has 0 unspecified atom stereocenters. The fourth-order valence-electron chi connectivity index (χ4n) is 6.91. The van der Waals surface area contributed by atoms with Crippen molar-refractivity contribution < 1.29 is 18.7 Å². The van der Waals surface area contributed by atoms with Crippen molar-refractivity contribution in [3.63, 3.8) is 0 Å². The van der Waals surface area contributed by atoms with Crippen molar-refractivity contribution in [1.82, 2.24) is 15.1 Å². The zero-order valence-electron chi connectivity index (χ0n) is 22.7. The largest absolute Gasteiger partial charge is 0.483 e. The number of nitrogens with zero attached hydrogens (tertiary/aromatic N) is 3. The van der Waals surface area contributed by atoms with Gasteiger partial charge in [-0.25, -0.2) is 4.98 Å². The van der Waals surface area contributed by atoms with Crippen molar-refractivity contribution in [3.05, 3.63) is 69.8 Å². The third-order valence-corrected chi connectivity index (χ3v) is 10.3. The molecule has 9 rings (SSSR count). The molecule has 1 aromatic carbocycles. The van der Waals surface area contributed by atoms with E-state index in [4.69, 9.17) is 46.9 Å². The minimum atomic E-state index is -0.154. The summed E-state index contributed by atoms with van der Waals surface area (Å²) in [5.41, 5.74) is 4.36. The fraction of sp³-hybridized carbons (Fsp3) is 0.469. The first kappa shape index (κ1) is 26.0. The number of para-hydroxylation sites is 1. The molecule has 0 N–H and O–H groups in total. The van der Waals surface area contributed by atoms with Crippen LogP contribution in [0.15, 0.2) is 47.2 Å². The highest BCUT2D eigenvalue weighted by Gasteiger charge is 2.51. The van der Waals surface area contributed by atoms with Gasteiger partial charge in [0.15, 0.2) is 0 Å². The number of hydrogen-bond acceptors (Lipinski definition) is 7. The lowest BCUT2D eigenvalue weighted by atomic mass is 9.57. The third kappa shape index (κ3) is 4.53. The Kier molecular flexibility index (Phi) is 6.29. The summed E-state index contributed by atoms with van der Waals surface area (Å²) in [7, 11) is 0. The highest BCUT2D eigenvalue weighted by Crippen LogP contribution is 2.55. The van der Waals surface area contributed by atoms with Crippen LogP contribution >= 0.6 is 23.2 Å². The number of benzene rings is 1. The van der Waals surface area contributed by atoms with Crippen LogP contribution in [0.25, 0.3) is 22.2 Å². The lowest BCUT2D eigenvalue weighted by Gasteiger charge is -2.53. The van der Waals surface area contributed by atoms with Crippen molar-refractivity contribution in [2.24, 2.45) is 0 Å². The molecule has 0 spiro atoms. The lowest BCUT2D eigenvalue weighted by molar-refractivity contribution is -0.127. The molecule has 1 aliphatic heterocycles. The summed E-state index contributed by atoms with van der Waals surface area (Å²) in [4.78, 5) is 9.33. The third-order valence-electron chi connectivity index (χ3n) is 9.68. The van der Waals surface area contributed by atoms with E-state index in [1.54, 1.807) is 12.4 Å². The van der Waals surface area contributed by atoms with Crippen molar-refractivity contribution in [2.45, 2.75) is 81.0 Å². The lowest BCUT2D eigenvalue weighted by Crippen LogP contribution is -2.50. The molecular weight excluding hydrogens is 561 g/mol. The summed E-state index contributed by atoms with van der Waals surface area (Å²) in [5, 5.41) is 6.46. The molecule has 2 bridgehead atoms. The molecule has 0 amide bonds. The van der Waals surface area contributed by atoms with E-state index < -0.39 is 0 Å². The monoisotopic (exact) mass is 591 g/mol. The van der Waals surface area contributed by atoms with E-state index >= 15 is 0 Å². The Hall–Kier alpha value is -2.71. The van der Waals surface area contributed by atoms with Crippen molar-refractivity contribution in [1.29, 1.82) is 0 Å². The SMILES string of the molecule is Clc1cncc(Cl)c1-c1noc(C2CC2)c1COC12CCC(c3ccc4cccc(OC5COC5)c4n3)(CC1)CC2. The van der Waals surface area contributed by atoms with Crippen LogP contribution in [-0.4, -0.2) is 40.0 Å². The minimum Gasteiger partial charge on any atom is -0.483 e. The predicted octanol–water partition coefficient (Wildman–Crippen LogP) is 7.81. The summed E-state index contributed by atoms with van der Waals surface area (Å²) >= 11 is 13.0. The first-order valence-corrected chi connectivity index (χ1v) is 15.3. The highest BCUT2D eigenvalue weighted by molar-refractivity contribution is 6.38. The molecule has 4 saturated carbocycles. The molecule has 7 nitrogen and oxygen atoms in total. The van der Waals surface area contributed by atoms with Gasteiger partial charge >= 0.3 is 0 Å². The molecule has 4 aliphatic carbocycles. The molecular formula is C32H31Cl2N3O4. The van der Waals surface area contributed by atoms with E-state index in [1.165, 1.54) is 5.69 Å². The second kappa shape index (κ2) is 9.94. The molecule has 3 aromatic heterocycles. The van der Waals surface area contributed by atoms with Crippen LogP contribution in [0.2, 0.25) is 10.0 Å². The molecule has 0 atom stereocenters. The summed E-state index contributed by atoms with van der Waals surface area (Å²) in [6, 6.07) is 10.6. The number of aromatic nitrogens is 3. The average Bonchev–Trinajstić information content (AvgIpc) is 3.74. The molecule has 212 valence electrons. The number of pyridine rings is 2. The maximum Gasteiger partial charge on any atom is 0.146 e. The van der Waals surface area contributed by atoms with E-state index in [2.05, 4.69) is 28.3 Å². The van der Waals surface area contributed by atoms with Gasteiger partial charge in [-0.3, -0.25) is 4.98 Å². The van der Waals surface area contributed by atoms with Crippen molar-refractivity contribution >= 4 is 34.1 Å². The van der Waals surface area contributed by atoms with Crippen LogP contribution in [0, 0.1) is 0 Å². The summed E-state index contributed by atoms with van der Waals surface area (Å²) in [6.45, 7) is 1.72. The van der Waals surface area contributed by atoms with Crippen LogP contribution in [0.4, 0.5) is 0 Å². The van der Waals surface area contributed by atoms with Gasteiger partial charge < -0.3 is 18.7 Å². The number of rotatable bonds is 8. The highest BCUT2D eigenvalue weighted by atomic mass is 35.5. The minimum absolute atomic E-state index is 0.0750. The Morgan fingerprint density at radius 1 is 0.927 bits per heavy atom. The molecule has 1 saturated heterocycles. The molecule has 5 aliphatic rings. The normalized spacial score (nSPS) is 25.9. The van der Waals surface area contributed by atoms with E-state index in [1.807, 2.05) is 12.1 Å². The Bertz CT molecular complexity index is 1590. The second-order valence-corrected chi connectivity index (χ2v) is 13.0. The molecule has 41 heavy (non-hydrogen) atoms. The van der Waals surface area contributed by atoms with E-state index in [-0.39, 0.29) is 17.1 Å². The predicted molar refractivity (Wildman–Crippen MR) is 156 cm³/mol. The first-order valence-electron chi connectivity index (χ1n) is 14.6. The van der Waals surface area contributed by atoms with Crippen LogP contribution in [0.5, 0.6) is 5.75 Å². The quantitative estimate of drug-likeness (QED) is 0.207. The Balaban J connectivity index is 1.03. The van der Waals surface area contributed by atoms with E-state index in [9.17, 15) is 0 Å². The summed E-state index contributed by atoms with van der Waals surface area (Å²) in [5.74, 6) is 2.15. The van der Waals surface area contributed by atoms with Crippen LogP contribution in [0.1, 0.15) is 74.3 Å². The zero-order chi connectivity index (χ0) is 27.6. The molecule has 5 fully saturated rings. The van der Waals surface area contributed by atoms with Crippen LogP contribution < -0.4 is 4.74 Å². The number of halogens is 2. The molecule has 0 radical (unpaired) electrons. The Labute approximate surface area is 248 Å². The van der Waals surface area contributed by atoms with Gasteiger partial charge in [0.1, 0.15) is 28.8 Å². The van der Waals surface area contributed by atoms with Gasteiger partial charge in [0.05, 0.1) is 35.5 Å². The number of hydrogen-bond donors (Lipinski definition) is 0. The van der Waals surface area contributed by atoms with Gasteiger partial charge in [0, 0.05) is 45.9 Å². The smallest absolute Gasteiger partial charge is 0.146 e. The Morgan fingerprint density at radius 2 is 1.68 bits per heavy atom. The van der Waals surface area contributed by atoms with Gasteiger partial charge in [-0.15, -0.1) is 0 Å². The van der Waals surface area contributed by atoms with Crippen molar-refractivity contribution in [3.8, 4) is 17.0 Å². The zero-order valence-corrected chi connectivity index (χ0v) is 24.2. The van der Waals surface area contributed by atoms with Gasteiger partial charge in [-0.05, 0) is 63.5 Å². The van der Waals surface area contributed by atoms with E-state index in [0.717, 1.165) is 79.3 Å². The summed E-state index contributed by atoms with van der Waals surface area (Å²) in [6.07, 6.45) is 11.7. The molecule has 4 aromatic rings. The topological polar surface area (TPSA) is 79.5 Å². The van der Waals surface area contributed by atoms with Crippen LogP contribution in [-0.2, 0) is 21.5 Å². The fourth-order valence-corrected chi connectivity index (χ4v) is 7.45. The maximum absolute atomic E-state index is 6.84. The van der Waals surface area contributed by atoms with Crippen LogP contribution in [0.3, 0.4) is 0 Å².